The number of hydrogen-bond donors (Lipinski definition) is 1. The van der Waals surface area contributed by atoms with Crippen LogP contribution in [0.15, 0.2) is 79.0 Å². The van der Waals surface area contributed by atoms with E-state index >= 15 is 0 Å². The number of methoxy groups -OCH3 is 1. The van der Waals surface area contributed by atoms with Crippen molar-refractivity contribution < 1.29 is 14.3 Å². The fourth-order valence-electron chi connectivity index (χ4n) is 3.38. The Morgan fingerprint density at radius 2 is 1.81 bits per heavy atom. The van der Waals surface area contributed by atoms with Crippen molar-refractivity contribution in [2.45, 2.75) is 18.9 Å². The molecule has 0 radical (unpaired) electrons. The van der Waals surface area contributed by atoms with Crippen molar-refractivity contribution in [2.75, 3.05) is 20.7 Å². The van der Waals surface area contributed by atoms with Gasteiger partial charge in [0.15, 0.2) is 0 Å². The largest absolute Gasteiger partial charge is 0.497 e. The topological polar surface area (TPSA) is 71.5 Å². The zero-order valence-electron chi connectivity index (χ0n) is 17.8. The summed E-state index contributed by atoms with van der Waals surface area (Å²) < 4.78 is 5.25. The number of nitrogens with zero attached hydrogens (tertiary/aromatic N) is 2. The third kappa shape index (κ3) is 6.15. The summed E-state index contributed by atoms with van der Waals surface area (Å²) in [5.74, 6) is 0.332. The first-order valence-corrected chi connectivity index (χ1v) is 10.2. The molecule has 1 aromatic heterocycles. The van der Waals surface area contributed by atoms with E-state index in [0.717, 1.165) is 5.56 Å². The second-order valence-electron chi connectivity index (χ2n) is 7.25. The van der Waals surface area contributed by atoms with E-state index in [1.807, 2.05) is 36.4 Å². The Morgan fingerprint density at radius 1 is 1.03 bits per heavy atom. The first-order valence-electron chi connectivity index (χ1n) is 10.2. The van der Waals surface area contributed by atoms with Gasteiger partial charge in [0.2, 0.25) is 0 Å². The number of benzene rings is 2. The van der Waals surface area contributed by atoms with E-state index in [-0.39, 0.29) is 17.9 Å². The van der Waals surface area contributed by atoms with Crippen LogP contribution in [0.1, 0.15) is 32.8 Å². The summed E-state index contributed by atoms with van der Waals surface area (Å²) in [4.78, 5) is 31.3. The number of carbonyl (C=O) groups is 2. The van der Waals surface area contributed by atoms with Crippen LogP contribution in [-0.2, 0) is 6.42 Å². The minimum absolute atomic E-state index is 0.0871. The quantitative estimate of drug-likeness (QED) is 0.578. The maximum Gasteiger partial charge on any atom is 0.269 e. The molecule has 0 spiro atoms. The van der Waals surface area contributed by atoms with Gasteiger partial charge in [-0.25, -0.2) is 0 Å². The number of amides is 2. The first kappa shape index (κ1) is 22.0. The van der Waals surface area contributed by atoms with Crippen molar-refractivity contribution in [3.05, 3.63) is 95.8 Å². The highest BCUT2D eigenvalue weighted by Crippen LogP contribution is 2.18. The second kappa shape index (κ2) is 10.9. The summed E-state index contributed by atoms with van der Waals surface area (Å²) in [7, 11) is 3.38. The van der Waals surface area contributed by atoms with Gasteiger partial charge in [0, 0.05) is 31.4 Å². The Kier molecular flexibility index (Phi) is 7.76. The van der Waals surface area contributed by atoms with E-state index in [9.17, 15) is 9.59 Å². The minimum Gasteiger partial charge on any atom is -0.497 e. The molecule has 0 aliphatic carbocycles. The Morgan fingerprint density at radius 3 is 2.52 bits per heavy atom. The second-order valence-corrected chi connectivity index (χ2v) is 7.25. The van der Waals surface area contributed by atoms with Gasteiger partial charge in [-0.3, -0.25) is 14.6 Å². The molecular weight excluding hydrogens is 390 g/mol. The third-order valence-corrected chi connectivity index (χ3v) is 5.16. The normalized spacial score (nSPS) is 11.4. The van der Waals surface area contributed by atoms with Crippen LogP contribution in [0.5, 0.6) is 5.75 Å². The van der Waals surface area contributed by atoms with Crippen molar-refractivity contribution >= 4 is 11.8 Å². The Labute approximate surface area is 182 Å². The highest BCUT2D eigenvalue weighted by atomic mass is 16.5. The molecular formula is C25H27N3O3. The van der Waals surface area contributed by atoms with Crippen LogP contribution in [0.3, 0.4) is 0 Å². The molecule has 0 bridgehead atoms. The summed E-state index contributed by atoms with van der Waals surface area (Å²) in [6.07, 6.45) is 2.89. The van der Waals surface area contributed by atoms with Gasteiger partial charge in [0.1, 0.15) is 11.4 Å². The number of rotatable bonds is 9. The molecule has 0 fully saturated rings. The molecule has 160 valence electrons. The average Bonchev–Trinajstić information content (AvgIpc) is 2.83. The highest BCUT2D eigenvalue weighted by molar-refractivity contribution is 5.94. The summed E-state index contributed by atoms with van der Waals surface area (Å²) >= 11 is 0. The number of ether oxygens (including phenoxy) is 1. The summed E-state index contributed by atoms with van der Waals surface area (Å²) in [6, 6.07) is 22.3. The van der Waals surface area contributed by atoms with Gasteiger partial charge in [-0.05, 0) is 48.7 Å². The smallest absolute Gasteiger partial charge is 0.269 e. The minimum atomic E-state index is -0.221. The molecule has 0 aliphatic rings. The van der Waals surface area contributed by atoms with Crippen LogP contribution in [0.2, 0.25) is 0 Å². The molecule has 1 atom stereocenters. The van der Waals surface area contributed by atoms with Gasteiger partial charge in [0.05, 0.1) is 7.11 Å². The van der Waals surface area contributed by atoms with E-state index in [1.54, 1.807) is 61.7 Å². The van der Waals surface area contributed by atoms with Crippen molar-refractivity contribution in [3.63, 3.8) is 0 Å². The van der Waals surface area contributed by atoms with Crippen LogP contribution >= 0.6 is 0 Å². The predicted molar refractivity (Wildman–Crippen MR) is 120 cm³/mol. The lowest BCUT2D eigenvalue weighted by Gasteiger charge is -2.29. The van der Waals surface area contributed by atoms with Gasteiger partial charge in [-0.1, -0.05) is 42.5 Å². The lowest BCUT2D eigenvalue weighted by Crippen LogP contribution is -2.41. The standard InChI is InChI=1S/C25H27N3O3/c1-28(25(30)20-11-8-12-22(18-20)31-2)21(17-19-9-4-3-5-10-19)14-16-27-24(29)23-13-6-7-15-26-23/h3-13,15,18,21H,14,16-17H2,1-2H3,(H,27,29). The molecule has 2 amide bonds. The van der Waals surface area contributed by atoms with Crippen LogP contribution in [0.25, 0.3) is 0 Å². The molecule has 0 saturated carbocycles. The molecule has 0 saturated heterocycles. The Hall–Kier alpha value is -3.67. The van der Waals surface area contributed by atoms with Crippen LogP contribution < -0.4 is 10.1 Å². The van der Waals surface area contributed by atoms with Crippen LogP contribution in [-0.4, -0.2) is 48.4 Å². The van der Waals surface area contributed by atoms with Gasteiger partial charge in [-0.2, -0.15) is 0 Å². The van der Waals surface area contributed by atoms with E-state index in [0.29, 0.717) is 36.4 Å². The lowest BCUT2D eigenvalue weighted by molar-refractivity contribution is 0.0722. The van der Waals surface area contributed by atoms with Crippen LogP contribution in [0.4, 0.5) is 0 Å². The molecule has 6 heteroatoms. The molecule has 1 N–H and O–H groups in total. The molecule has 1 unspecified atom stereocenters. The van der Waals surface area contributed by atoms with Gasteiger partial charge >= 0.3 is 0 Å². The lowest BCUT2D eigenvalue weighted by atomic mass is 10.0. The number of hydrogen-bond acceptors (Lipinski definition) is 4. The van der Waals surface area contributed by atoms with E-state index in [2.05, 4.69) is 10.3 Å². The molecule has 1 heterocycles. The Bertz CT molecular complexity index is 993. The molecule has 3 aromatic rings. The average molecular weight is 418 g/mol. The molecule has 6 nitrogen and oxygen atoms in total. The molecule has 3 rings (SSSR count). The zero-order chi connectivity index (χ0) is 22.1. The van der Waals surface area contributed by atoms with Crippen molar-refractivity contribution in [1.82, 2.24) is 15.2 Å². The van der Waals surface area contributed by atoms with E-state index in [1.165, 1.54) is 0 Å². The summed E-state index contributed by atoms with van der Waals surface area (Å²) in [5, 5.41) is 2.91. The summed E-state index contributed by atoms with van der Waals surface area (Å²) in [5.41, 5.74) is 2.08. The Balaban J connectivity index is 1.70. The van der Waals surface area contributed by atoms with Crippen molar-refractivity contribution in [3.8, 4) is 5.75 Å². The number of carbonyl (C=O) groups excluding carboxylic acids is 2. The van der Waals surface area contributed by atoms with Gasteiger partial charge in [0.25, 0.3) is 11.8 Å². The van der Waals surface area contributed by atoms with E-state index in [4.69, 9.17) is 4.74 Å². The number of pyridine rings is 1. The van der Waals surface area contributed by atoms with Crippen LogP contribution in [0, 0.1) is 0 Å². The monoisotopic (exact) mass is 417 g/mol. The highest BCUT2D eigenvalue weighted by Gasteiger charge is 2.22. The predicted octanol–water partition coefficient (Wildman–Crippen LogP) is 3.59. The first-order chi connectivity index (χ1) is 15.1. The number of aromatic nitrogens is 1. The maximum absolute atomic E-state index is 13.1. The fraction of sp³-hybridized carbons (Fsp3) is 0.240. The molecule has 2 aromatic carbocycles. The van der Waals surface area contributed by atoms with E-state index < -0.39 is 0 Å². The van der Waals surface area contributed by atoms with Gasteiger partial charge in [-0.15, -0.1) is 0 Å². The van der Waals surface area contributed by atoms with Crippen molar-refractivity contribution in [1.29, 1.82) is 0 Å². The maximum atomic E-state index is 13.1. The van der Waals surface area contributed by atoms with Gasteiger partial charge < -0.3 is 15.0 Å². The molecule has 0 aliphatic heterocycles. The zero-order valence-corrected chi connectivity index (χ0v) is 17.8. The molecule has 31 heavy (non-hydrogen) atoms. The number of nitrogens with one attached hydrogen (secondary N) is 1. The summed E-state index contributed by atoms with van der Waals surface area (Å²) in [6.45, 7) is 0.433. The SMILES string of the molecule is COc1cccc(C(=O)N(C)C(CCNC(=O)c2ccccn2)Cc2ccccc2)c1. The third-order valence-electron chi connectivity index (χ3n) is 5.16. The number of likely N-dealkylation sites (N-methyl/N-ethyl adjacent to an activating group) is 1. The fourth-order valence-corrected chi connectivity index (χ4v) is 3.38. The van der Waals surface area contributed by atoms with Crippen molar-refractivity contribution in [2.24, 2.45) is 0 Å².